The first-order chi connectivity index (χ1) is 6.77. The van der Waals surface area contributed by atoms with E-state index in [1.165, 1.54) is 31.5 Å². The first kappa shape index (κ1) is 9.66. The number of nitrogens with one attached hydrogen (secondary N) is 1. The summed E-state index contributed by atoms with van der Waals surface area (Å²) in [5.41, 5.74) is 1.25. The van der Waals surface area contributed by atoms with Gasteiger partial charge in [0.2, 0.25) is 0 Å². The van der Waals surface area contributed by atoms with Gasteiger partial charge in [0.15, 0.2) is 0 Å². The van der Waals surface area contributed by atoms with E-state index in [2.05, 4.69) is 6.92 Å². The smallest absolute Gasteiger partial charge is 0.123 e. The van der Waals surface area contributed by atoms with E-state index in [0.717, 1.165) is 0 Å². The van der Waals surface area contributed by atoms with Gasteiger partial charge in [0.05, 0.1) is 13.1 Å². The molecule has 1 aliphatic heterocycles. The highest BCUT2D eigenvalue weighted by molar-refractivity contribution is 5.17. The van der Waals surface area contributed by atoms with Gasteiger partial charge in [0.25, 0.3) is 0 Å². The van der Waals surface area contributed by atoms with E-state index in [-0.39, 0.29) is 5.82 Å². The third kappa shape index (κ3) is 1.95. The van der Waals surface area contributed by atoms with E-state index in [9.17, 15) is 4.39 Å². The molecule has 2 rings (SSSR count). The summed E-state index contributed by atoms with van der Waals surface area (Å²) in [4.78, 5) is 1.64. The van der Waals surface area contributed by atoms with Crippen LogP contribution in [-0.4, -0.2) is 13.1 Å². The van der Waals surface area contributed by atoms with Crippen LogP contribution in [0, 0.1) is 5.82 Å². The lowest BCUT2D eigenvalue weighted by atomic mass is 10.1. The number of halogens is 1. The largest absolute Gasteiger partial charge is 0.329 e. The Morgan fingerprint density at radius 3 is 2.29 bits per heavy atom. The van der Waals surface area contributed by atoms with Gasteiger partial charge in [-0.05, 0) is 19.1 Å². The van der Waals surface area contributed by atoms with Crippen LogP contribution in [0.4, 0.5) is 4.39 Å². The second-order valence-electron chi connectivity index (χ2n) is 4.14. The van der Waals surface area contributed by atoms with Crippen molar-refractivity contribution in [3.63, 3.8) is 0 Å². The molecule has 76 valence electrons. The van der Waals surface area contributed by atoms with Gasteiger partial charge < -0.3 is 4.90 Å². The number of hydrogen-bond donors (Lipinski definition) is 1. The Morgan fingerprint density at radius 2 is 1.71 bits per heavy atom. The van der Waals surface area contributed by atoms with Gasteiger partial charge in [-0.2, -0.15) is 0 Å². The number of benzene rings is 1. The van der Waals surface area contributed by atoms with Crippen LogP contribution in [0.5, 0.6) is 0 Å². The number of quaternary nitrogens is 1. The monoisotopic (exact) mass is 194 g/mol. The lowest BCUT2D eigenvalue weighted by molar-refractivity contribution is -0.917. The van der Waals surface area contributed by atoms with E-state index >= 15 is 0 Å². The summed E-state index contributed by atoms with van der Waals surface area (Å²) in [5.74, 6) is -0.141. The van der Waals surface area contributed by atoms with Crippen LogP contribution in [0.25, 0.3) is 0 Å². The zero-order valence-electron chi connectivity index (χ0n) is 8.59. The van der Waals surface area contributed by atoms with Crippen LogP contribution in [-0.2, 0) is 0 Å². The Hall–Kier alpha value is -0.890. The normalized spacial score (nSPS) is 19.9. The zero-order chi connectivity index (χ0) is 9.97. The molecule has 0 aliphatic carbocycles. The SMILES string of the molecule is C[C@H](c1ccc(F)cc1)[NH+]1CCCC1. The van der Waals surface area contributed by atoms with Crippen molar-refractivity contribution in [1.82, 2.24) is 0 Å². The Labute approximate surface area is 84.5 Å². The molecule has 1 atom stereocenters. The Balaban J connectivity index is 2.09. The molecule has 1 fully saturated rings. The van der Waals surface area contributed by atoms with Crippen LogP contribution >= 0.6 is 0 Å². The first-order valence-electron chi connectivity index (χ1n) is 5.37. The van der Waals surface area contributed by atoms with Crippen molar-refractivity contribution in [3.8, 4) is 0 Å². The van der Waals surface area contributed by atoms with Crippen LogP contribution in [0.1, 0.15) is 31.4 Å². The molecule has 0 amide bonds. The first-order valence-corrected chi connectivity index (χ1v) is 5.37. The molecule has 0 bridgehead atoms. The van der Waals surface area contributed by atoms with Crippen LogP contribution in [0.15, 0.2) is 24.3 Å². The van der Waals surface area contributed by atoms with Gasteiger partial charge in [-0.3, -0.25) is 0 Å². The molecule has 1 saturated heterocycles. The van der Waals surface area contributed by atoms with E-state index in [1.807, 2.05) is 12.1 Å². The van der Waals surface area contributed by atoms with Crippen LogP contribution in [0.2, 0.25) is 0 Å². The molecule has 1 nitrogen and oxygen atoms in total. The van der Waals surface area contributed by atoms with Crippen LogP contribution in [0.3, 0.4) is 0 Å². The number of likely N-dealkylation sites (tertiary alicyclic amines) is 1. The highest BCUT2D eigenvalue weighted by atomic mass is 19.1. The maximum Gasteiger partial charge on any atom is 0.123 e. The fraction of sp³-hybridized carbons (Fsp3) is 0.500. The number of rotatable bonds is 2. The molecule has 0 saturated carbocycles. The topological polar surface area (TPSA) is 4.44 Å². The highest BCUT2D eigenvalue weighted by Gasteiger charge is 2.22. The molecular formula is C12H17FN+. The minimum Gasteiger partial charge on any atom is -0.329 e. The average molecular weight is 194 g/mol. The van der Waals surface area contributed by atoms with Crippen molar-refractivity contribution >= 4 is 0 Å². The molecule has 0 spiro atoms. The molecular weight excluding hydrogens is 177 g/mol. The van der Waals surface area contributed by atoms with Crippen molar-refractivity contribution in [2.24, 2.45) is 0 Å². The van der Waals surface area contributed by atoms with Crippen LogP contribution < -0.4 is 4.90 Å². The summed E-state index contributed by atoms with van der Waals surface area (Å²) < 4.78 is 12.7. The molecule has 1 aromatic carbocycles. The predicted molar refractivity (Wildman–Crippen MR) is 54.7 cm³/mol. The van der Waals surface area contributed by atoms with Gasteiger partial charge in [-0.1, -0.05) is 12.1 Å². The summed E-state index contributed by atoms with van der Waals surface area (Å²) in [6.07, 6.45) is 2.67. The molecule has 0 unspecified atom stereocenters. The predicted octanol–water partition coefficient (Wildman–Crippen LogP) is 1.57. The Bertz CT molecular complexity index is 288. The Morgan fingerprint density at radius 1 is 1.14 bits per heavy atom. The highest BCUT2D eigenvalue weighted by Crippen LogP contribution is 2.11. The summed E-state index contributed by atoms with van der Waals surface area (Å²) in [6, 6.07) is 7.44. The minimum absolute atomic E-state index is 0.141. The molecule has 2 heteroatoms. The van der Waals surface area contributed by atoms with Gasteiger partial charge in [-0.25, -0.2) is 4.39 Å². The zero-order valence-corrected chi connectivity index (χ0v) is 8.59. The molecule has 1 N–H and O–H groups in total. The summed E-state index contributed by atoms with van der Waals surface area (Å²) in [5, 5.41) is 0. The lowest BCUT2D eigenvalue weighted by Gasteiger charge is -2.20. The summed E-state index contributed by atoms with van der Waals surface area (Å²) in [6.45, 7) is 4.75. The van der Waals surface area contributed by atoms with Gasteiger partial charge >= 0.3 is 0 Å². The molecule has 14 heavy (non-hydrogen) atoms. The maximum absolute atomic E-state index is 12.7. The molecule has 0 aromatic heterocycles. The van der Waals surface area contributed by atoms with Crippen molar-refractivity contribution in [2.75, 3.05) is 13.1 Å². The summed E-state index contributed by atoms with van der Waals surface area (Å²) >= 11 is 0. The second-order valence-corrected chi connectivity index (χ2v) is 4.14. The quantitative estimate of drug-likeness (QED) is 0.729. The Kier molecular flexibility index (Phi) is 2.82. The van der Waals surface area contributed by atoms with Crippen molar-refractivity contribution in [1.29, 1.82) is 0 Å². The third-order valence-corrected chi connectivity index (χ3v) is 3.23. The van der Waals surface area contributed by atoms with Gasteiger partial charge in [-0.15, -0.1) is 0 Å². The van der Waals surface area contributed by atoms with Gasteiger partial charge in [0, 0.05) is 18.4 Å². The summed E-state index contributed by atoms with van der Waals surface area (Å²) in [7, 11) is 0. The number of hydrogen-bond acceptors (Lipinski definition) is 0. The average Bonchev–Trinajstić information content (AvgIpc) is 2.71. The maximum atomic E-state index is 12.7. The molecule has 1 heterocycles. The van der Waals surface area contributed by atoms with Crippen molar-refractivity contribution in [2.45, 2.75) is 25.8 Å². The van der Waals surface area contributed by atoms with Crippen molar-refractivity contribution < 1.29 is 9.29 Å². The fourth-order valence-corrected chi connectivity index (χ4v) is 2.25. The second kappa shape index (κ2) is 4.09. The van der Waals surface area contributed by atoms with E-state index in [4.69, 9.17) is 0 Å². The third-order valence-electron chi connectivity index (χ3n) is 3.23. The molecule has 1 aliphatic rings. The van der Waals surface area contributed by atoms with E-state index < -0.39 is 0 Å². The van der Waals surface area contributed by atoms with Gasteiger partial charge in [0.1, 0.15) is 11.9 Å². The molecule has 0 radical (unpaired) electrons. The standard InChI is InChI=1S/C12H16FN/c1-10(14-8-2-3-9-14)11-4-6-12(13)7-5-11/h4-7,10H,2-3,8-9H2,1H3/p+1/t10-/m1/s1. The van der Waals surface area contributed by atoms with E-state index in [0.29, 0.717) is 6.04 Å². The minimum atomic E-state index is -0.141. The van der Waals surface area contributed by atoms with E-state index in [1.54, 1.807) is 17.0 Å². The van der Waals surface area contributed by atoms with Crippen molar-refractivity contribution in [3.05, 3.63) is 35.6 Å². The molecule has 1 aromatic rings. The lowest BCUT2D eigenvalue weighted by Crippen LogP contribution is -3.09. The fourth-order valence-electron chi connectivity index (χ4n) is 2.25.